The number of rotatable bonds is 6. The molecule has 100 valence electrons. The third-order valence-electron chi connectivity index (χ3n) is 2.96. The molecule has 0 radical (unpaired) electrons. The summed E-state index contributed by atoms with van der Waals surface area (Å²) in [5.74, 6) is -0.212. The van der Waals surface area contributed by atoms with Gasteiger partial charge in [-0.1, -0.05) is 13.0 Å². The molecule has 0 aromatic heterocycles. The van der Waals surface area contributed by atoms with Gasteiger partial charge < -0.3 is 10.6 Å². The van der Waals surface area contributed by atoms with Crippen molar-refractivity contribution in [1.82, 2.24) is 10.6 Å². The summed E-state index contributed by atoms with van der Waals surface area (Å²) in [5, 5.41) is 5.85. The van der Waals surface area contributed by atoms with E-state index in [0.29, 0.717) is 13.1 Å². The number of benzene rings is 1. The molecule has 0 aliphatic heterocycles. The molecule has 1 atom stereocenters. The molecule has 0 saturated carbocycles. The van der Waals surface area contributed by atoms with Crippen molar-refractivity contribution in [3.8, 4) is 0 Å². The Kier molecular flexibility index (Phi) is 5.78. The Morgan fingerprint density at radius 1 is 1.44 bits per heavy atom. The van der Waals surface area contributed by atoms with Gasteiger partial charge in [0.2, 0.25) is 5.91 Å². The van der Waals surface area contributed by atoms with Crippen molar-refractivity contribution in [3.63, 3.8) is 0 Å². The van der Waals surface area contributed by atoms with E-state index < -0.39 is 0 Å². The van der Waals surface area contributed by atoms with Gasteiger partial charge in [-0.3, -0.25) is 4.79 Å². The smallest absolute Gasteiger partial charge is 0.224 e. The Hall–Kier alpha value is -1.42. The lowest BCUT2D eigenvalue weighted by Crippen LogP contribution is -2.35. The van der Waals surface area contributed by atoms with Crippen LogP contribution >= 0.6 is 0 Å². The highest BCUT2D eigenvalue weighted by Gasteiger charge is 2.10. The second-order valence-electron chi connectivity index (χ2n) is 4.57. The Morgan fingerprint density at radius 3 is 2.78 bits per heavy atom. The highest BCUT2D eigenvalue weighted by molar-refractivity contribution is 5.78. The van der Waals surface area contributed by atoms with E-state index in [1.54, 1.807) is 6.07 Å². The van der Waals surface area contributed by atoms with Crippen molar-refractivity contribution < 1.29 is 9.18 Å². The zero-order valence-electron chi connectivity index (χ0n) is 11.2. The van der Waals surface area contributed by atoms with E-state index >= 15 is 0 Å². The summed E-state index contributed by atoms with van der Waals surface area (Å²) in [6.07, 6.45) is 0.726. The van der Waals surface area contributed by atoms with Gasteiger partial charge in [0.25, 0.3) is 0 Å². The van der Waals surface area contributed by atoms with E-state index in [2.05, 4.69) is 10.6 Å². The second-order valence-corrected chi connectivity index (χ2v) is 4.57. The molecule has 0 fully saturated rings. The fourth-order valence-electron chi connectivity index (χ4n) is 1.83. The lowest BCUT2D eigenvalue weighted by molar-refractivity contribution is -0.124. The standard InChI is InChI=1S/C14H21FN2O/c1-10-8-13(15)5-4-12(10)6-7-17-14(18)11(2)9-16-3/h4-5,8,11,16H,6-7,9H2,1-3H3,(H,17,18). The van der Waals surface area contributed by atoms with Gasteiger partial charge in [0.1, 0.15) is 5.82 Å². The first kappa shape index (κ1) is 14.6. The normalized spacial score (nSPS) is 12.2. The van der Waals surface area contributed by atoms with Crippen molar-refractivity contribution in [3.05, 3.63) is 35.1 Å². The van der Waals surface area contributed by atoms with Gasteiger partial charge in [-0.25, -0.2) is 4.39 Å². The first-order valence-corrected chi connectivity index (χ1v) is 6.22. The zero-order valence-corrected chi connectivity index (χ0v) is 11.2. The largest absolute Gasteiger partial charge is 0.355 e. The van der Waals surface area contributed by atoms with Gasteiger partial charge in [-0.05, 0) is 43.7 Å². The van der Waals surface area contributed by atoms with Crippen molar-refractivity contribution in [1.29, 1.82) is 0 Å². The molecule has 18 heavy (non-hydrogen) atoms. The number of hydrogen-bond acceptors (Lipinski definition) is 2. The van der Waals surface area contributed by atoms with Gasteiger partial charge in [-0.2, -0.15) is 0 Å². The van der Waals surface area contributed by atoms with E-state index in [1.165, 1.54) is 12.1 Å². The Morgan fingerprint density at radius 2 is 2.17 bits per heavy atom. The Balaban J connectivity index is 2.39. The molecule has 1 aromatic carbocycles. The van der Waals surface area contributed by atoms with Crippen LogP contribution in [0.15, 0.2) is 18.2 Å². The van der Waals surface area contributed by atoms with E-state index in [0.717, 1.165) is 17.5 Å². The van der Waals surface area contributed by atoms with Crippen molar-refractivity contribution in [2.45, 2.75) is 20.3 Å². The molecule has 0 aliphatic carbocycles. The van der Waals surface area contributed by atoms with Crippen LogP contribution in [0.2, 0.25) is 0 Å². The molecular formula is C14H21FN2O. The van der Waals surface area contributed by atoms with E-state index in [9.17, 15) is 9.18 Å². The number of hydrogen-bond donors (Lipinski definition) is 2. The molecule has 0 bridgehead atoms. The molecule has 1 unspecified atom stereocenters. The third kappa shape index (κ3) is 4.45. The van der Waals surface area contributed by atoms with Crippen LogP contribution in [0.5, 0.6) is 0 Å². The topological polar surface area (TPSA) is 41.1 Å². The Bertz CT molecular complexity index is 407. The average Bonchev–Trinajstić information content (AvgIpc) is 2.32. The van der Waals surface area contributed by atoms with Crippen LogP contribution in [0.3, 0.4) is 0 Å². The van der Waals surface area contributed by atoms with Gasteiger partial charge in [0.15, 0.2) is 0 Å². The predicted molar refractivity (Wildman–Crippen MR) is 70.9 cm³/mol. The fourth-order valence-corrected chi connectivity index (χ4v) is 1.83. The van der Waals surface area contributed by atoms with E-state index in [4.69, 9.17) is 0 Å². The average molecular weight is 252 g/mol. The van der Waals surface area contributed by atoms with Crippen molar-refractivity contribution >= 4 is 5.91 Å². The van der Waals surface area contributed by atoms with Crippen molar-refractivity contribution in [2.75, 3.05) is 20.1 Å². The number of nitrogens with one attached hydrogen (secondary N) is 2. The number of carbonyl (C=O) groups excluding carboxylic acids is 1. The number of amides is 1. The molecule has 3 nitrogen and oxygen atoms in total. The van der Waals surface area contributed by atoms with Gasteiger partial charge in [0.05, 0.1) is 0 Å². The number of halogens is 1. The number of aryl methyl sites for hydroxylation is 1. The summed E-state index contributed by atoms with van der Waals surface area (Å²) in [6.45, 7) is 5.01. The quantitative estimate of drug-likeness (QED) is 0.808. The maximum Gasteiger partial charge on any atom is 0.224 e. The minimum absolute atomic E-state index is 0.0377. The maximum absolute atomic E-state index is 12.9. The molecule has 2 N–H and O–H groups in total. The highest BCUT2D eigenvalue weighted by atomic mass is 19.1. The molecule has 1 rings (SSSR count). The monoisotopic (exact) mass is 252 g/mol. The summed E-state index contributed by atoms with van der Waals surface area (Å²) >= 11 is 0. The first-order chi connectivity index (χ1) is 8.54. The maximum atomic E-state index is 12.9. The molecule has 1 amide bonds. The van der Waals surface area contributed by atoms with Crippen LogP contribution in [-0.2, 0) is 11.2 Å². The predicted octanol–water partition coefficient (Wildman–Crippen LogP) is 1.65. The lowest BCUT2D eigenvalue weighted by atomic mass is 10.1. The minimum atomic E-state index is -0.220. The van der Waals surface area contributed by atoms with Crippen LogP contribution < -0.4 is 10.6 Å². The fraction of sp³-hybridized carbons (Fsp3) is 0.500. The minimum Gasteiger partial charge on any atom is -0.355 e. The number of carbonyl (C=O) groups is 1. The van der Waals surface area contributed by atoms with Crippen molar-refractivity contribution in [2.24, 2.45) is 5.92 Å². The van der Waals surface area contributed by atoms with E-state index in [-0.39, 0.29) is 17.6 Å². The van der Waals surface area contributed by atoms with Crippen LogP contribution in [0, 0.1) is 18.7 Å². The molecule has 0 aliphatic rings. The summed E-state index contributed by atoms with van der Waals surface area (Å²) in [4.78, 5) is 11.7. The molecule has 0 heterocycles. The van der Waals surface area contributed by atoms with E-state index in [1.807, 2.05) is 20.9 Å². The van der Waals surface area contributed by atoms with Crippen LogP contribution in [0.4, 0.5) is 4.39 Å². The van der Waals surface area contributed by atoms with Crippen LogP contribution in [0.1, 0.15) is 18.1 Å². The summed E-state index contributed by atoms with van der Waals surface area (Å²) in [7, 11) is 1.83. The summed E-state index contributed by atoms with van der Waals surface area (Å²) in [5.41, 5.74) is 1.99. The molecular weight excluding hydrogens is 231 g/mol. The first-order valence-electron chi connectivity index (χ1n) is 6.22. The van der Waals surface area contributed by atoms with Crippen LogP contribution in [0.25, 0.3) is 0 Å². The summed E-state index contributed by atoms with van der Waals surface area (Å²) < 4.78 is 12.9. The molecule has 1 aromatic rings. The van der Waals surface area contributed by atoms with Gasteiger partial charge >= 0.3 is 0 Å². The lowest BCUT2D eigenvalue weighted by Gasteiger charge is -2.12. The zero-order chi connectivity index (χ0) is 13.5. The Labute approximate surface area is 108 Å². The second kappa shape index (κ2) is 7.11. The van der Waals surface area contributed by atoms with Gasteiger partial charge in [0, 0.05) is 19.0 Å². The van der Waals surface area contributed by atoms with Gasteiger partial charge in [-0.15, -0.1) is 0 Å². The van der Waals surface area contributed by atoms with Crippen LogP contribution in [-0.4, -0.2) is 26.0 Å². The third-order valence-corrected chi connectivity index (χ3v) is 2.96. The molecule has 4 heteroatoms. The highest BCUT2D eigenvalue weighted by Crippen LogP contribution is 2.10. The summed E-state index contributed by atoms with van der Waals surface area (Å²) in [6, 6.07) is 4.74. The molecule has 0 spiro atoms. The molecule has 0 saturated heterocycles. The SMILES string of the molecule is CNCC(C)C(=O)NCCc1ccc(F)cc1C.